The fourth-order valence-electron chi connectivity index (χ4n) is 0.987. The third-order valence-electron chi connectivity index (χ3n) is 1.71. The van der Waals surface area contributed by atoms with E-state index in [1.54, 1.807) is 0 Å². The SMILES string of the molecule is COc1cc(C)c(F)cc1S(=O)(=O)Cl. The van der Waals surface area contributed by atoms with Crippen molar-refractivity contribution >= 4 is 19.7 Å². The average molecular weight is 239 g/mol. The number of methoxy groups -OCH3 is 1. The molecule has 0 spiro atoms. The van der Waals surface area contributed by atoms with Crippen LogP contribution in [0.1, 0.15) is 5.56 Å². The minimum absolute atomic E-state index is 0.0406. The molecule has 1 rings (SSSR count). The molecule has 3 nitrogen and oxygen atoms in total. The molecule has 78 valence electrons. The Kier molecular flexibility index (Phi) is 3.01. The Balaban J connectivity index is 3.51. The van der Waals surface area contributed by atoms with Crippen LogP contribution in [0.5, 0.6) is 5.75 Å². The van der Waals surface area contributed by atoms with Crippen LogP contribution in [-0.4, -0.2) is 15.5 Å². The lowest BCUT2D eigenvalue weighted by molar-refractivity contribution is 0.401. The molecule has 0 bridgehead atoms. The Labute approximate surface area is 85.9 Å². The highest BCUT2D eigenvalue weighted by Crippen LogP contribution is 2.29. The molecule has 1 aromatic rings. The van der Waals surface area contributed by atoms with E-state index in [4.69, 9.17) is 15.4 Å². The van der Waals surface area contributed by atoms with E-state index in [1.807, 2.05) is 0 Å². The lowest BCUT2D eigenvalue weighted by atomic mass is 10.2. The number of rotatable bonds is 2. The minimum atomic E-state index is -3.98. The number of hydrogen-bond donors (Lipinski definition) is 0. The quantitative estimate of drug-likeness (QED) is 0.741. The van der Waals surface area contributed by atoms with Gasteiger partial charge >= 0.3 is 0 Å². The van der Waals surface area contributed by atoms with Crippen LogP contribution >= 0.6 is 10.7 Å². The molecule has 0 amide bonds. The second-order valence-electron chi connectivity index (χ2n) is 2.69. The lowest BCUT2D eigenvalue weighted by Gasteiger charge is -2.07. The third-order valence-corrected chi connectivity index (χ3v) is 3.05. The van der Waals surface area contributed by atoms with Gasteiger partial charge in [-0.05, 0) is 24.6 Å². The van der Waals surface area contributed by atoms with Crippen LogP contribution < -0.4 is 4.74 Å². The van der Waals surface area contributed by atoms with E-state index in [9.17, 15) is 12.8 Å². The van der Waals surface area contributed by atoms with E-state index in [-0.39, 0.29) is 10.6 Å². The zero-order chi connectivity index (χ0) is 10.9. The molecular formula is C8H8ClFO3S. The second-order valence-corrected chi connectivity index (χ2v) is 5.22. The van der Waals surface area contributed by atoms with E-state index in [1.165, 1.54) is 20.1 Å². The van der Waals surface area contributed by atoms with Gasteiger partial charge in [-0.15, -0.1) is 0 Å². The van der Waals surface area contributed by atoms with Gasteiger partial charge in [0.25, 0.3) is 9.05 Å². The maximum atomic E-state index is 13.0. The minimum Gasteiger partial charge on any atom is -0.495 e. The standard InChI is InChI=1S/C8H8ClFO3S/c1-5-3-7(13-2)8(4-6(5)10)14(9,11)12/h3-4H,1-2H3. The maximum absolute atomic E-state index is 13.0. The van der Waals surface area contributed by atoms with Crippen LogP contribution in [0.3, 0.4) is 0 Å². The first-order valence-electron chi connectivity index (χ1n) is 3.65. The predicted octanol–water partition coefficient (Wildman–Crippen LogP) is 2.07. The lowest BCUT2D eigenvalue weighted by Crippen LogP contribution is -1.98. The van der Waals surface area contributed by atoms with Gasteiger partial charge in [0, 0.05) is 10.7 Å². The van der Waals surface area contributed by atoms with Crippen molar-refractivity contribution in [3.05, 3.63) is 23.5 Å². The van der Waals surface area contributed by atoms with E-state index in [0.717, 1.165) is 6.07 Å². The molecule has 0 unspecified atom stereocenters. The largest absolute Gasteiger partial charge is 0.495 e. The van der Waals surface area contributed by atoms with Crippen LogP contribution in [0.25, 0.3) is 0 Å². The summed E-state index contributed by atoms with van der Waals surface area (Å²) in [6.07, 6.45) is 0. The molecule has 6 heteroatoms. The summed E-state index contributed by atoms with van der Waals surface area (Å²) in [6, 6.07) is 2.13. The van der Waals surface area contributed by atoms with Gasteiger partial charge in [0.2, 0.25) is 0 Å². The Morgan fingerprint density at radius 1 is 1.43 bits per heavy atom. The van der Waals surface area contributed by atoms with Gasteiger partial charge in [0.1, 0.15) is 16.5 Å². The molecule has 0 fully saturated rings. The summed E-state index contributed by atoms with van der Waals surface area (Å²) < 4.78 is 39.8. The van der Waals surface area contributed by atoms with Crippen LogP contribution in [0, 0.1) is 12.7 Å². The van der Waals surface area contributed by atoms with Gasteiger partial charge in [-0.1, -0.05) is 0 Å². The Morgan fingerprint density at radius 3 is 2.43 bits per heavy atom. The molecule has 0 saturated heterocycles. The van der Waals surface area contributed by atoms with Crippen molar-refractivity contribution in [1.29, 1.82) is 0 Å². The van der Waals surface area contributed by atoms with Crippen molar-refractivity contribution in [2.24, 2.45) is 0 Å². The molecule has 0 N–H and O–H groups in total. The fourth-order valence-corrected chi connectivity index (χ4v) is 1.98. The van der Waals surface area contributed by atoms with Crippen LogP contribution in [-0.2, 0) is 9.05 Å². The molecule has 0 radical (unpaired) electrons. The van der Waals surface area contributed by atoms with Gasteiger partial charge in [-0.25, -0.2) is 12.8 Å². The van der Waals surface area contributed by atoms with Crippen molar-refractivity contribution in [1.82, 2.24) is 0 Å². The van der Waals surface area contributed by atoms with Crippen LogP contribution in [0.2, 0.25) is 0 Å². The normalized spacial score (nSPS) is 11.4. The molecule has 0 aromatic heterocycles. The monoisotopic (exact) mass is 238 g/mol. The first kappa shape index (κ1) is 11.3. The van der Waals surface area contributed by atoms with Crippen LogP contribution in [0.15, 0.2) is 17.0 Å². The summed E-state index contributed by atoms with van der Waals surface area (Å²) >= 11 is 0. The average Bonchev–Trinajstić information content (AvgIpc) is 2.07. The van der Waals surface area contributed by atoms with Gasteiger partial charge in [-0.2, -0.15) is 0 Å². The predicted molar refractivity (Wildman–Crippen MR) is 50.7 cm³/mol. The molecule has 0 heterocycles. The molecule has 0 saturated carbocycles. The molecule has 0 aliphatic carbocycles. The molecule has 0 atom stereocenters. The van der Waals surface area contributed by atoms with E-state index >= 15 is 0 Å². The number of halogens is 2. The highest BCUT2D eigenvalue weighted by Gasteiger charge is 2.18. The van der Waals surface area contributed by atoms with Crippen molar-refractivity contribution in [2.45, 2.75) is 11.8 Å². The summed E-state index contributed by atoms with van der Waals surface area (Å²) in [6.45, 7) is 1.50. The zero-order valence-corrected chi connectivity index (χ0v) is 9.12. The second kappa shape index (κ2) is 3.74. The summed E-state index contributed by atoms with van der Waals surface area (Å²) in [4.78, 5) is -0.357. The summed E-state index contributed by atoms with van der Waals surface area (Å²) in [5.74, 6) is -0.594. The highest BCUT2D eigenvalue weighted by atomic mass is 35.7. The van der Waals surface area contributed by atoms with Crippen molar-refractivity contribution in [3.63, 3.8) is 0 Å². The van der Waals surface area contributed by atoms with E-state index in [0.29, 0.717) is 5.56 Å². The third kappa shape index (κ3) is 2.16. The first-order chi connectivity index (χ1) is 6.36. The zero-order valence-electron chi connectivity index (χ0n) is 7.54. The van der Waals surface area contributed by atoms with Crippen molar-refractivity contribution < 1.29 is 17.5 Å². The molecule has 14 heavy (non-hydrogen) atoms. The summed E-state index contributed by atoms with van der Waals surface area (Å²) in [7, 11) is 2.40. The highest BCUT2D eigenvalue weighted by molar-refractivity contribution is 8.13. The van der Waals surface area contributed by atoms with Crippen LogP contribution in [0.4, 0.5) is 4.39 Å². The first-order valence-corrected chi connectivity index (χ1v) is 5.96. The smallest absolute Gasteiger partial charge is 0.265 e. The van der Waals surface area contributed by atoms with Gasteiger partial charge in [0.15, 0.2) is 0 Å². The topological polar surface area (TPSA) is 43.4 Å². The van der Waals surface area contributed by atoms with Gasteiger partial charge in [-0.3, -0.25) is 0 Å². The summed E-state index contributed by atoms with van der Waals surface area (Å²) in [5, 5.41) is 0. The maximum Gasteiger partial charge on any atom is 0.265 e. The Bertz CT molecular complexity index is 456. The van der Waals surface area contributed by atoms with Crippen molar-refractivity contribution in [2.75, 3.05) is 7.11 Å². The van der Waals surface area contributed by atoms with Gasteiger partial charge < -0.3 is 4.74 Å². The number of benzene rings is 1. The summed E-state index contributed by atoms with van der Waals surface area (Å²) in [5.41, 5.74) is 0.297. The number of hydrogen-bond acceptors (Lipinski definition) is 3. The van der Waals surface area contributed by atoms with Crippen molar-refractivity contribution in [3.8, 4) is 5.75 Å². The Hall–Kier alpha value is -0.810. The van der Waals surface area contributed by atoms with E-state index in [2.05, 4.69) is 0 Å². The number of aryl methyl sites for hydroxylation is 1. The Morgan fingerprint density at radius 2 is 2.00 bits per heavy atom. The molecular weight excluding hydrogens is 231 g/mol. The molecule has 1 aromatic carbocycles. The molecule has 0 aliphatic rings. The van der Waals surface area contributed by atoms with E-state index < -0.39 is 14.9 Å². The fraction of sp³-hybridized carbons (Fsp3) is 0.250. The number of ether oxygens (including phenoxy) is 1. The van der Waals surface area contributed by atoms with Gasteiger partial charge in [0.05, 0.1) is 7.11 Å². The molecule has 0 aliphatic heterocycles.